The molecule has 0 fully saturated rings. The van der Waals surface area contributed by atoms with E-state index >= 15 is 0 Å². The molecule has 0 bridgehead atoms. The zero-order chi connectivity index (χ0) is 14.1. The van der Waals surface area contributed by atoms with Crippen molar-refractivity contribution >= 4 is 0 Å². The van der Waals surface area contributed by atoms with E-state index < -0.39 is 0 Å². The molecule has 0 aromatic heterocycles. The highest BCUT2D eigenvalue weighted by Gasteiger charge is 2.21. The van der Waals surface area contributed by atoms with Gasteiger partial charge in [0.25, 0.3) is 0 Å². The van der Waals surface area contributed by atoms with Gasteiger partial charge in [-0.1, -0.05) is 31.2 Å². The number of fused-ring (bicyclic) bond motifs is 1. The predicted molar refractivity (Wildman–Crippen MR) is 81.3 cm³/mol. The number of hydrogen-bond donors (Lipinski definition) is 1. The van der Waals surface area contributed by atoms with Gasteiger partial charge in [-0.25, -0.2) is 4.39 Å². The lowest BCUT2D eigenvalue weighted by atomic mass is 9.98. The van der Waals surface area contributed by atoms with Gasteiger partial charge in [0.2, 0.25) is 0 Å². The van der Waals surface area contributed by atoms with E-state index in [1.54, 1.807) is 6.07 Å². The van der Waals surface area contributed by atoms with Gasteiger partial charge in [-0.15, -0.1) is 0 Å². The van der Waals surface area contributed by atoms with E-state index in [-0.39, 0.29) is 5.82 Å². The molecule has 2 aromatic rings. The first-order valence-corrected chi connectivity index (χ1v) is 7.31. The van der Waals surface area contributed by atoms with Gasteiger partial charge >= 0.3 is 0 Å². The number of halogens is 1. The molecule has 0 heterocycles. The van der Waals surface area contributed by atoms with E-state index in [1.165, 1.54) is 23.1 Å². The maximum absolute atomic E-state index is 13.4. The van der Waals surface area contributed by atoms with Gasteiger partial charge in [0, 0.05) is 6.04 Å². The summed E-state index contributed by atoms with van der Waals surface area (Å²) in [7, 11) is 0. The van der Waals surface area contributed by atoms with E-state index in [9.17, 15) is 4.39 Å². The molecule has 0 amide bonds. The maximum Gasteiger partial charge on any atom is 0.126 e. The summed E-state index contributed by atoms with van der Waals surface area (Å²) >= 11 is 0. The van der Waals surface area contributed by atoms with Crippen molar-refractivity contribution in [3.63, 3.8) is 0 Å². The van der Waals surface area contributed by atoms with Gasteiger partial charge in [-0.05, 0) is 66.3 Å². The van der Waals surface area contributed by atoms with Gasteiger partial charge in [-0.2, -0.15) is 0 Å². The number of benzene rings is 2. The summed E-state index contributed by atoms with van der Waals surface area (Å²) in [5, 5.41) is 3.53. The molecular formula is C18H20FN. The predicted octanol–water partition coefficient (Wildman–Crippen LogP) is 4.40. The normalized spacial score (nSPS) is 17.2. The largest absolute Gasteiger partial charge is 0.310 e. The fourth-order valence-corrected chi connectivity index (χ4v) is 3.08. The maximum atomic E-state index is 13.4. The third-order valence-corrected chi connectivity index (χ3v) is 4.16. The Bertz CT molecular complexity index is 633. The third-order valence-electron chi connectivity index (χ3n) is 4.16. The molecule has 1 aliphatic carbocycles. The summed E-state index contributed by atoms with van der Waals surface area (Å²) in [5.41, 5.74) is 5.83. The quantitative estimate of drug-likeness (QED) is 0.871. The summed E-state index contributed by atoms with van der Waals surface area (Å²) < 4.78 is 13.4. The smallest absolute Gasteiger partial charge is 0.126 e. The van der Waals surface area contributed by atoms with Crippen LogP contribution < -0.4 is 5.32 Å². The first kappa shape index (κ1) is 13.3. The minimum atomic E-state index is -0.137. The first-order chi connectivity index (χ1) is 9.69. The SMILES string of the molecule is CCNC1CCc2cc(-c3ccc(F)c(C)c3)ccc21. The van der Waals surface area contributed by atoms with Crippen molar-refractivity contribution in [2.45, 2.75) is 32.7 Å². The van der Waals surface area contributed by atoms with Crippen LogP contribution in [0.2, 0.25) is 0 Å². The fraction of sp³-hybridized carbons (Fsp3) is 0.333. The van der Waals surface area contributed by atoms with Crippen LogP contribution in [0, 0.1) is 12.7 Å². The Balaban J connectivity index is 1.95. The lowest BCUT2D eigenvalue weighted by Gasteiger charge is -2.13. The number of aryl methyl sites for hydroxylation is 2. The summed E-state index contributed by atoms with van der Waals surface area (Å²) in [6.45, 7) is 4.96. The highest BCUT2D eigenvalue weighted by Crippen LogP contribution is 2.34. The number of rotatable bonds is 3. The van der Waals surface area contributed by atoms with E-state index in [1.807, 2.05) is 19.1 Å². The van der Waals surface area contributed by atoms with E-state index in [0.29, 0.717) is 11.6 Å². The van der Waals surface area contributed by atoms with Gasteiger partial charge in [-0.3, -0.25) is 0 Å². The highest BCUT2D eigenvalue weighted by molar-refractivity contribution is 5.66. The molecular weight excluding hydrogens is 249 g/mol. The third kappa shape index (κ3) is 2.36. The van der Waals surface area contributed by atoms with Gasteiger partial charge < -0.3 is 5.32 Å². The Kier molecular flexibility index (Phi) is 3.58. The Labute approximate surface area is 119 Å². The summed E-state index contributed by atoms with van der Waals surface area (Å²) in [4.78, 5) is 0. The van der Waals surface area contributed by atoms with Gasteiger partial charge in [0.1, 0.15) is 5.82 Å². The first-order valence-electron chi connectivity index (χ1n) is 7.31. The monoisotopic (exact) mass is 269 g/mol. The van der Waals surface area contributed by atoms with Crippen LogP contribution in [0.4, 0.5) is 4.39 Å². The molecule has 0 spiro atoms. The second-order valence-electron chi connectivity index (χ2n) is 5.53. The van der Waals surface area contributed by atoms with Gasteiger partial charge in [0.05, 0.1) is 0 Å². The minimum Gasteiger partial charge on any atom is -0.310 e. The molecule has 104 valence electrons. The Morgan fingerprint density at radius 2 is 1.90 bits per heavy atom. The standard InChI is InChI=1S/C18H20FN/c1-3-20-18-9-6-15-11-14(4-7-16(15)18)13-5-8-17(19)12(2)10-13/h4-5,7-8,10-11,18,20H,3,6,9H2,1-2H3. The Morgan fingerprint density at radius 3 is 2.65 bits per heavy atom. The van der Waals surface area contributed by atoms with Crippen molar-refractivity contribution in [1.29, 1.82) is 0 Å². The van der Waals surface area contributed by atoms with Crippen LogP contribution in [0.5, 0.6) is 0 Å². The summed E-state index contributed by atoms with van der Waals surface area (Å²) in [5.74, 6) is -0.137. The van der Waals surface area contributed by atoms with Crippen LogP contribution >= 0.6 is 0 Å². The Hall–Kier alpha value is -1.67. The van der Waals surface area contributed by atoms with Crippen molar-refractivity contribution in [3.8, 4) is 11.1 Å². The Morgan fingerprint density at radius 1 is 1.15 bits per heavy atom. The van der Waals surface area contributed by atoms with Crippen LogP contribution in [0.25, 0.3) is 11.1 Å². The van der Waals surface area contributed by atoms with Crippen molar-refractivity contribution in [2.24, 2.45) is 0 Å². The highest BCUT2D eigenvalue weighted by atomic mass is 19.1. The van der Waals surface area contributed by atoms with Crippen LogP contribution in [0.3, 0.4) is 0 Å². The molecule has 1 aliphatic rings. The van der Waals surface area contributed by atoms with E-state index in [4.69, 9.17) is 0 Å². The average molecular weight is 269 g/mol. The van der Waals surface area contributed by atoms with Crippen LogP contribution in [0.1, 0.15) is 36.1 Å². The summed E-state index contributed by atoms with van der Waals surface area (Å²) in [6, 6.07) is 12.5. The zero-order valence-corrected chi connectivity index (χ0v) is 12.0. The molecule has 1 atom stereocenters. The van der Waals surface area contributed by atoms with Crippen LogP contribution in [0.15, 0.2) is 36.4 Å². The van der Waals surface area contributed by atoms with Crippen LogP contribution in [-0.2, 0) is 6.42 Å². The second-order valence-corrected chi connectivity index (χ2v) is 5.53. The second kappa shape index (κ2) is 5.37. The number of hydrogen-bond acceptors (Lipinski definition) is 1. The molecule has 0 saturated carbocycles. The molecule has 0 aliphatic heterocycles. The lowest BCUT2D eigenvalue weighted by molar-refractivity contribution is 0.549. The molecule has 2 heteroatoms. The molecule has 1 unspecified atom stereocenters. The van der Waals surface area contributed by atoms with Crippen molar-refractivity contribution in [3.05, 3.63) is 58.9 Å². The van der Waals surface area contributed by atoms with Crippen molar-refractivity contribution in [2.75, 3.05) is 6.54 Å². The zero-order valence-electron chi connectivity index (χ0n) is 12.0. The number of nitrogens with one attached hydrogen (secondary N) is 1. The molecule has 2 aromatic carbocycles. The summed E-state index contributed by atoms with van der Waals surface area (Å²) in [6.07, 6.45) is 2.30. The molecule has 3 rings (SSSR count). The van der Waals surface area contributed by atoms with Crippen molar-refractivity contribution < 1.29 is 4.39 Å². The van der Waals surface area contributed by atoms with Crippen LogP contribution in [-0.4, -0.2) is 6.54 Å². The molecule has 0 saturated heterocycles. The molecule has 1 nitrogen and oxygen atoms in total. The molecule has 1 N–H and O–H groups in total. The van der Waals surface area contributed by atoms with Crippen molar-refractivity contribution in [1.82, 2.24) is 5.32 Å². The molecule has 0 radical (unpaired) electrons. The molecule has 20 heavy (non-hydrogen) atoms. The topological polar surface area (TPSA) is 12.0 Å². The minimum absolute atomic E-state index is 0.137. The lowest BCUT2D eigenvalue weighted by Crippen LogP contribution is -2.18. The average Bonchev–Trinajstić information content (AvgIpc) is 2.85. The van der Waals surface area contributed by atoms with E-state index in [0.717, 1.165) is 18.5 Å². The van der Waals surface area contributed by atoms with E-state index in [2.05, 4.69) is 30.4 Å². The fourth-order valence-electron chi connectivity index (χ4n) is 3.08. The van der Waals surface area contributed by atoms with Gasteiger partial charge in [0.15, 0.2) is 0 Å².